The van der Waals surface area contributed by atoms with Crippen LogP contribution in [0.5, 0.6) is 0 Å². The topological polar surface area (TPSA) is 22.0 Å². The number of halogens is 1. The largest absolute Gasteiger partial charge is 0.343 e. The fourth-order valence-electron chi connectivity index (χ4n) is 2.42. The monoisotopic (exact) mass is 267 g/mol. The number of nitrogens with zero attached hydrogens (tertiary/aromatic N) is 1. The van der Waals surface area contributed by atoms with E-state index in [1.54, 1.807) is 18.2 Å². The van der Waals surface area contributed by atoms with E-state index in [0.717, 1.165) is 28.3 Å². The van der Waals surface area contributed by atoms with Crippen LogP contribution in [0.25, 0.3) is 10.9 Å². The highest BCUT2D eigenvalue weighted by molar-refractivity contribution is 5.87. The lowest BCUT2D eigenvalue weighted by Gasteiger charge is -2.09. The number of carbonyl (C=O) groups excluding carboxylic acids is 1. The highest BCUT2D eigenvalue weighted by Crippen LogP contribution is 2.20. The molecule has 2 aromatic carbocycles. The lowest BCUT2D eigenvalue weighted by molar-refractivity contribution is 0.112. The fraction of sp³-hybridized carbons (Fsp3) is 0.118. The predicted octanol–water partition coefficient (Wildman–Crippen LogP) is 3.95. The molecular formula is C17H14FNO. The van der Waals surface area contributed by atoms with Gasteiger partial charge < -0.3 is 4.57 Å². The van der Waals surface area contributed by atoms with Crippen molar-refractivity contribution in [2.75, 3.05) is 0 Å². The summed E-state index contributed by atoms with van der Waals surface area (Å²) in [4.78, 5) is 10.8. The summed E-state index contributed by atoms with van der Waals surface area (Å²) >= 11 is 0. The van der Waals surface area contributed by atoms with Crippen LogP contribution in [-0.2, 0) is 6.54 Å². The Bertz CT molecular complexity index is 789. The number of fused-ring (bicyclic) bond motifs is 1. The van der Waals surface area contributed by atoms with Gasteiger partial charge in [0.05, 0.1) is 0 Å². The number of aromatic nitrogens is 1. The Morgan fingerprint density at radius 2 is 2.00 bits per heavy atom. The molecule has 1 heterocycles. The molecule has 0 aliphatic carbocycles. The molecule has 20 heavy (non-hydrogen) atoms. The van der Waals surface area contributed by atoms with E-state index in [-0.39, 0.29) is 5.82 Å². The summed E-state index contributed by atoms with van der Waals surface area (Å²) in [6.07, 6.45) is 2.80. The molecule has 3 heteroatoms. The van der Waals surface area contributed by atoms with Crippen LogP contribution < -0.4 is 0 Å². The molecule has 0 aliphatic rings. The summed E-state index contributed by atoms with van der Waals surface area (Å²) in [6.45, 7) is 2.60. The molecule has 0 aliphatic heterocycles. The normalized spacial score (nSPS) is 10.9. The third-order valence-electron chi connectivity index (χ3n) is 3.58. The van der Waals surface area contributed by atoms with Crippen LogP contribution in [0.3, 0.4) is 0 Å². The molecule has 0 atom stereocenters. The number of hydrogen-bond acceptors (Lipinski definition) is 1. The van der Waals surface area contributed by atoms with E-state index < -0.39 is 0 Å². The van der Waals surface area contributed by atoms with Gasteiger partial charge in [0.25, 0.3) is 0 Å². The number of rotatable bonds is 3. The lowest BCUT2D eigenvalue weighted by atomic mass is 10.1. The molecule has 0 N–H and O–H groups in total. The summed E-state index contributed by atoms with van der Waals surface area (Å²) in [5, 5.41) is 1.02. The highest BCUT2D eigenvalue weighted by Gasteiger charge is 2.05. The molecule has 3 rings (SSSR count). The quantitative estimate of drug-likeness (QED) is 0.659. The molecule has 0 bridgehead atoms. The molecule has 0 radical (unpaired) electrons. The van der Waals surface area contributed by atoms with E-state index in [9.17, 15) is 9.18 Å². The van der Waals surface area contributed by atoms with Crippen molar-refractivity contribution in [1.29, 1.82) is 0 Å². The molecule has 0 fully saturated rings. The van der Waals surface area contributed by atoms with Gasteiger partial charge in [-0.2, -0.15) is 0 Å². The maximum Gasteiger partial charge on any atom is 0.150 e. The SMILES string of the molecule is Cc1ccc(F)cc1Cn1ccc2cc(C=O)ccc21. The van der Waals surface area contributed by atoms with Crippen LogP contribution in [0.4, 0.5) is 4.39 Å². The maximum atomic E-state index is 13.3. The zero-order valence-corrected chi connectivity index (χ0v) is 11.1. The predicted molar refractivity (Wildman–Crippen MR) is 77.6 cm³/mol. The molecule has 0 saturated heterocycles. The van der Waals surface area contributed by atoms with Crippen molar-refractivity contribution in [3.63, 3.8) is 0 Å². The number of hydrogen-bond donors (Lipinski definition) is 0. The molecule has 2 nitrogen and oxygen atoms in total. The Morgan fingerprint density at radius 1 is 1.15 bits per heavy atom. The summed E-state index contributed by atoms with van der Waals surface area (Å²) in [5.74, 6) is -0.217. The summed E-state index contributed by atoms with van der Waals surface area (Å²) in [7, 11) is 0. The minimum atomic E-state index is -0.217. The van der Waals surface area contributed by atoms with Crippen LogP contribution in [0.1, 0.15) is 21.5 Å². The van der Waals surface area contributed by atoms with Crippen molar-refractivity contribution in [3.8, 4) is 0 Å². The Kier molecular flexibility index (Phi) is 3.11. The standard InChI is InChI=1S/C17H14FNO/c1-12-2-4-16(18)9-15(12)10-19-7-6-14-8-13(11-20)3-5-17(14)19/h2-9,11H,10H2,1H3. The number of aldehydes is 1. The van der Waals surface area contributed by atoms with Crippen molar-refractivity contribution < 1.29 is 9.18 Å². The molecule has 0 spiro atoms. The van der Waals surface area contributed by atoms with Gasteiger partial charge in [0.2, 0.25) is 0 Å². The van der Waals surface area contributed by atoms with Crippen molar-refractivity contribution in [3.05, 3.63) is 71.2 Å². The van der Waals surface area contributed by atoms with Crippen LogP contribution in [-0.4, -0.2) is 10.9 Å². The molecular weight excluding hydrogens is 253 g/mol. The molecule has 3 aromatic rings. The zero-order valence-electron chi connectivity index (χ0n) is 11.1. The van der Waals surface area contributed by atoms with E-state index >= 15 is 0 Å². The maximum absolute atomic E-state index is 13.3. The molecule has 1 aromatic heterocycles. The second-order valence-corrected chi connectivity index (χ2v) is 4.95. The number of carbonyl (C=O) groups is 1. The van der Waals surface area contributed by atoms with Gasteiger partial charge in [-0.05, 0) is 54.4 Å². The molecule has 0 amide bonds. The minimum Gasteiger partial charge on any atom is -0.343 e. The lowest BCUT2D eigenvalue weighted by Crippen LogP contribution is -2.00. The van der Waals surface area contributed by atoms with E-state index in [1.165, 1.54) is 6.07 Å². The van der Waals surface area contributed by atoms with Crippen molar-refractivity contribution in [2.24, 2.45) is 0 Å². The minimum absolute atomic E-state index is 0.217. The van der Waals surface area contributed by atoms with Gasteiger partial charge in [-0.25, -0.2) is 4.39 Å². The van der Waals surface area contributed by atoms with Crippen LogP contribution in [0, 0.1) is 12.7 Å². The van der Waals surface area contributed by atoms with Crippen molar-refractivity contribution >= 4 is 17.2 Å². The first-order chi connectivity index (χ1) is 9.67. The van der Waals surface area contributed by atoms with E-state index in [0.29, 0.717) is 12.1 Å². The van der Waals surface area contributed by atoms with Gasteiger partial charge >= 0.3 is 0 Å². The van der Waals surface area contributed by atoms with E-state index in [1.807, 2.05) is 31.3 Å². The molecule has 0 saturated carbocycles. The van der Waals surface area contributed by atoms with Gasteiger partial charge in [-0.1, -0.05) is 6.07 Å². The summed E-state index contributed by atoms with van der Waals surface area (Å²) in [6, 6.07) is 12.4. The second kappa shape index (κ2) is 4.93. The van der Waals surface area contributed by atoms with E-state index in [2.05, 4.69) is 4.57 Å². The van der Waals surface area contributed by atoms with Gasteiger partial charge in [-0.15, -0.1) is 0 Å². The zero-order chi connectivity index (χ0) is 14.1. The van der Waals surface area contributed by atoms with Gasteiger partial charge in [-0.3, -0.25) is 4.79 Å². The van der Waals surface area contributed by atoms with Gasteiger partial charge in [0, 0.05) is 29.2 Å². The number of aryl methyl sites for hydroxylation is 1. The molecule has 0 unspecified atom stereocenters. The Morgan fingerprint density at radius 3 is 2.80 bits per heavy atom. The van der Waals surface area contributed by atoms with Crippen LogP contribution in [0.2, 0.25) is 0 Å². The first kappa shape index (κ1) is 12.6. The average molecular weight is 267 g/mol. The van der Waals surface area contributed by atoms with Crippen LogP contribution in [0.15, 0.2) is 48.7 Å². The highest BCUT2D eigenvalue weighted by atomic mass is 19.1. The first-order valence-electron chi connectivity index (χ1n) is 6.46. The molecule has 100 valence electrons. The fourth-order valence-corrected chi connectivity index (χ4v) is 2.42. The van der Waals surface area contributed by atoms with E-state index in [4.69, 9.17) is 0 Å². The average Bonchev–Trinajstić information content (AvgIpc) is 2.85. The summed E-state index contributed by atoms with van der Waals surface area (Å²) in [5.41, 5.74) is 3.73. The van der Waals surface area contributed by atoms with Crippen molar-refractivity contribution in [2.45, 2.75) is 13.5 Å². The third kappa shape index (κ3) is 2.23. The summed E-state index contributed by atoms with van der Waals surface area (Å²) < 4.78 is 15.4. The van der Waals surface area contributed by atoms with Crippen LogP contribution >= 0.6 is 0 Å². The third-order valence-corrected chi connectivity index (χ3v) is 3.58. The van der Waals surface area contributed by atoms with Gasteiger partial charge in [0.1, 0.15) is 12.1 Å². The first-order valence-corrected chi connectivity index (χ1v) is 6.46. The smallest absolute Gasteiger partial charge is 0.150 e. The van der Waals surface area contributed by atoms with Gasteiger partial charge in [0.15, 0.2) is 0 Å². The van der Waals surface area contributed by atoms with Crippen molar-refractivity contribution in [1.82, 2.24) is 4.57 Å². The second-order valence-electron chi connectivity index (χ2n) is 4.95. The Balaban J connectivity index is 2.02. The Labute approximate surface area is 116 Å². The Hall–Kier alpha value is -2.42. The number of benzene rings is 2.